The van der Waals surface area contributed by atoms with E-state index < -0.39 is 5.66 Å². The number of fused-ring (bicyclic) bond motifs is 1. The number of carbonyl (C=O) groups is 1. The highest BCUT2D eigenvalue weighted by atomic mass is 16.2. The van der Waals surface area contributed by atoms with Gasteiger partial charge in [-0.25, -0.2) is 0 Å². The van der Waals surface area contributed by atoms with Crippen molar-refractivity contribution < 1.29 is 4.79 Å². The summed E-state index contributed by atoms with van der Waals surface area (Å²) in [4.78, 5) is 12.5. The number of amides is 1. The number of rotatable bonds is 4. The maximum Gasteiger partial charge on any atom is 0.255 e. The van der Waals surface area contributed by atoms with Crippen LogP contribution in [0.5, 0.6) is 0 Å². The first-order valence-corrected chi connectivity index (χ1v) is 7.50. The lowest BCUT2D eigenvalue weighted by Crippen LogP contribution is -2.55. The standard InChI is InChI=1S/C18H20N2O/c1-2-3-13-18(14-9-5-4-6-10-14)19-16-12-8-7-11-15(16)17(21)20-18/h4-12,19H,2-3,13H2,1H3,(H,20,21). The summed E-state index contributed by atoms with van der Waals surface area (Å²) in [5, 5.41) is 6.75. The molecule has 0 spiro atoms. The Labute approximate surface area is 125 Å². The van der Waals surface area contributed by atoms with Crippen LogP contribution in [0.3, 0.4) is 0 Å². The van der Waals surface area contributed by atoms with Crippen molar-refractivity contribution in [1.29, 1.82) is 0 Å². The topological polar surface area (TPSA) is 41.1 Å². The number of para-hydroxylation sites is 1. The van der Waals surface area contributed by atoms with E-state index >= 15 is 0 Å². The van der Waals surface area contributed by atoms with Gasteiger partial charge in [0.05, 0.1) is 5.56 Å². The van der Waals surface area contributed by atoms with E-state index in [9.17, 15) is 4.79 Å². The Balaban J connectivity index is 2.04. The number of anilines is 1. The van der Waals surface area contributed by atoms with E-state index in [-0.39, 0.29) is 5.91 Å². The molecule has 0 saturated heterocycles. The normalized spacial score (nSPS) is 20.3. The van der Waals surface area contributed by atoms with Gasteiger partial charge in [0.2, 0.25) is 0 Å². The predicted molar refractivity (Wildman–Crippen MR) is 85.2 cm³/mol. The predicted octanol–water partition coefficient (Wildman–Crippen LogP) is 3.89. The Hall–Kier alpha value is -2.29. The van der Waals surface area contributed by atoms with Gasteiger partial charge in [0.25, 0.3) is 5.91 Å². The Bertz CT molecular complexity index is 639. The summed E-state index contributed by atoms with van der Waals surface area (Å²) >= 11 is 0. The van der Waals surface area contributed by atoms with Crippen LogP contribution in [-0.4, -0.2) is 5.91 Å². The fourth-order valence-corrected chi connectivity index (χ4v) is 2.89. The molecule has 0 aliphatic carbocycles. The van der Waals surface area contributed by atoms with Crippen LogP contribution in [0, 0.1) is 0 Å². The molecule has 2 aromatic rings. The molecule has 1 aliphatic rings. The van der Waals surface area contributed by atoms with Crippen molar-refractivity contribution in [3.63, 3.8) is 0 Å². The van der Waals surface area contributed by atoms with E-state index in [0.717, 1.165) is 30.5 Å². The van der Waals surface area contributed by atoms with Crippen LogP contribution >= 0.6 is 0 Å². The van der Waals surface area contributed by atoms with Gasteiger partial charge in [0.15, 0.2) is 0 Å². The monoisotopic (exact) mass is 280 g/mol. The second kappa shape index (κ2) is 5.60. The molecule has 3 heteroatoms. The van der Waals surface area contributed by atoms with Gasteiger partial charge in [0.1, 0.15) is 5.66 Å². The third-order valence-electron chi connectivity index (χ3n) is 4.02. The van der Waals surface area contributed by atoms with Crippen LogP contribution in [-0.2, 0) is 5.66 Å². The number of unbranched alkanes of at least 4 members (excludes halogenated alkanes) is 1. The van der Waals surface area contributed by atoms with Gasteiger partial charge in [-0.2, -0.15) is 0 Å². The highest BCUT2D eigenvalue weighted by Gasteiger charge is 2.38. The number of nitrogens with one attached hydrogen (secondary N) is 2. The molecule has 0 saturated carbocycles. The van der Waals surface area contributed by atoms with Crippen LogP contribution < -0.4 is 10.6 Å². The largest absolute Gasteiger partial charge is 0.358 e. The van der Waals surface area contributed by atoms with Crippen LogP contribution in [0.15, 0.2) is 54.6 Å². The van der Waals surface area contributed by atoms with Crippen molar-refractivity contribution in [2.45, 2.75) is 31.8 Å². The van der Waals surface area contributed by atoms with E-state index in [1.165, 1.54) is 0 Å². The number of hydrogen-bond donors (Lipinski definition) is 2. The zero-order valence-corrected chi connectivity index (χ0v) is 12.2. The number of benzene rings is 2. The van der Waals surface area contributed by atoms with E-state index in [1.54, 1.807) is 0 Å². The highest BCUT2D eigenvalue weighted by Crippen LogP contribution is 2.34. The summed E-state index contributed by atoms with van der Waals surface area (Å²) in [6.45, 7) is 2.16. The Kier molecular flexibility index (Phi) is 3.65. The summed E-state index contributed by atoms with van der Waals surface area (Å²) in [5.74, 6) is -0.00990. The van der Waals surface area contributed by atoms with Gasteiger partial charge in [-0.05, 0) is 30.5 Å². The van der Waals surface area contributed by atoms with E-state index in [0.29, 0.717) is 5.56 Å². The molecule has 1 heterocycles. The molecular formula is C18H20N2O. The summed E-state index contributed by atoms with van der Waals surface area (Å²) in [5.41, 5.74) is 2.20. The first-order valence-electron chi connectivity index (χ1n) is 7.50. The van der Waals surface area contributed by atoms with E-state index in [2.05, 4.69) is 29.7 Å². The van der Waals surface area contributed by atoms with Crippen molar-refractivity contribution in [3.8, 4) is 0 Å². The number of carbonyl (C=O) groups excluding carboxylic acids is 1. The summed E-state index contributed by atoms with van der Waals surface area (Å²) in [7, 11) is 0. The molecule has 1 amide bonds. The average Bonchev–Trinajstić information content (AvgIpc) is 2.54. The molecule has 1 aliphatic heterocycles. The van der Waals surface area contributed by atoms with Gasteiger partial charge in [-0.3, -0.25) is 4.79 Å². The fourth-order valence-electron chi connectivity index (χ4n) is 2.89. The van der Waals surface area contributed by atoms with Gasteiger partial charge < -0.3 is 10.6 Å². The van der Waals surface area contributed by atoms with Crippen molar-refractivity contribution in [2.75, 3.05) is 5.32 Å². The van der Waals surface area contributed by atoms with Gasteiger partial charge >= 0.3 is 0 Å². The Morgan fingerprint density at radius 3 is 2.43 bits per heavy atom. The van der Waals surface area contributed by atoms with Crippen molar-refractivity contribution in [2.24, 2.45) is 0 Å². The van der Waals surface area contributed by atoms with Crippen LogP contribution in [0.25, 0.3) is 0 Å². The molecule has 0 radical (unpaired) electrons. The molecule has 2 aromatic carbocycles. The lowest BCUT2D eigenvalue weighted by Gasteiger charge is -2.41. The van der Waals surface area contributed by atoms with Crippen molar-refractivity contribution in [1.82, 2.24) is 5.32 Å². The van der Waals surface area contributed by atoms with E-state index in [1.807, 2.05) is 42.5 Å². The molecule has 2 N–H and O–H groups in total. The third kappa shape index (κ3) is 2.51. The second-order valence-corrected chi connectivity index (χ2v) is 5.50. The van der Waals surface area contributed by atoms with Crippen molar-refractivity contribution >= 4 is 11.6 Å². The minimum Gasteiger partial charge on any atom is -0.358 e. The molecule has 21 heavy (non-hydrogen) atoms. The van der Waals surface area contributed by atoms with Crippen molar-refractivity contribution in [3.05, 3.63) is 65.7 Å². The first kappa shape index (κ1) is 13.7. The molecule has 3 nitrogen and oxygen atoms in total. The van der Waals surface area contributed by atoms with Gasteiger partial charge in [0, 0.05) is 5.69 Å². The molecule has 1 atom stereocenters. The Morgan fingerprint density at radius 1 is 0.952 bits per heavy atom. The summed E-state index contributed by atoms with van der Waals surface area (Å²) in [6, 6.07) is 17.8. The maximum absolute atomic E-state index is 12.5. The number of hydrogen-bond acceptors (Lipinski definition) is 2. The minimum atomic E-state index is -0.511. The van der Waals surface area contributed by atoms with E-state index in [4.69, 9.17) is 0 Å². The van der Waals surface area contributed by atoms with Gasteiger partial charge in [-0.1, -0.05) is 55.8 Å². The van der Waals surface area contributed by atoms with Crippen LogP contribution in [0.4, 0.5) is 5.69 Å². The lowest BCUT2D eigenvalue weighted by atomic mass is 9.90. The maximum atomic E-state index is 12.5. The molecule has 0 bridgehead atoms. The quantitative estimate of drug-likeness (QED) is 0.892. The highest BCUT2D eigenvalue weighted by molar-refractivity contribution is 6.02. The van der Waals surface area contributed by atoms with Crippen LogP contribution in [0.1, 0.15) is 42.1 Å². The smallest absolute Gasteiger partial charge is 0.255 e. The second-order valence-electron chi connectivity index (χ2n) is 5.50. The summed E-state index contributed by atoms with van der Waals surface area (Å²) < 4.78 is 0. The molecule has 108 valence electrons. The molecular weight excluding hydrogens is 260 g/mol. The minimum absolute atomic E-state index is 0.00990. The fraction of sp³-hybridized carbons (Fsp3) is 0.278. The molecule has 3 rings (SSSR count). The first-order chi connectivity index (χ1) is 10.2. The molecule has 1 unspecified atom stereocenters. The average molecular weight is 280 g/mol. The third-order valence-corrected chi connectivity index (χ3v) is 4.02. The zero-order valence-electron chi connectivity index (χ0n) is 12.2. The van der Waals surface area contributed by atoms with Gasteiger partial charge in [-0.15, -0.1) is 0 Å². The van der Waals surface area contributed by atoms with Crippen LogP contribution in [0.2, 0.25) is 0 Å². The SMILES string of the molecule is CCCCC1(c2ccccc2)NC(=O)c2ccccc2N1. The summed E-state index contributed by atoms with van der Waals surface area (Å²) in [6.07, 6.45) is 3.01. The Morgan fingerprint density at radius 2 is 1.67 bits per heavy atom. The lowest BCUT2D eigenvalue weighted by molar-refractivity contribution is 0.0892. The molecule has 0 fully saturated rings. The zero-order chi connectivity index (χ0) is 14.7. The molecule has 0 aromatic heterocycles.